The molecule has 2 aromatic rings. The fourth-order valence-corrected chi connectivity index (χ4v) is 3.32. The van der Waals surface area contributed by atoms with Crippen LogP contribution in [0.1, 0.15) is 24.3 Å². The lowest BCUT2D eigenvalue weighted by atomic mass is 9.97. The third-order valence-corrected chi connectivity index (χ3v) is 4.90. The number of halogens is 1. The molecule has 6 heteroatoms. The van der Waals surface area contributed by atoms with E-state index in [2.05, 4.69) is 9.88 Å². The lowest BCUT2D eigenvalue weighted by molar-refractivity contribution is 0.178. The van der Waals surface area contributed by atoms with Crippen LogP contribution < -0.4 is 5.73 Å². The molecule has 0 unspecified atom stereocenters. The largest absolute Gasteiger partial charge is 0.440 e. The van der Waals surface area contributed by atoms with Crippen molar-refractivity contribution in [2.24, 2.45) is 11.7 Å². The predicted molar refractivity (Wildman–Crippen MR) is 88.9 cm³/mol. The Kier molecular flexibility index (Phi) is 5.81. The normalized spacial score (nSPS) is 16.9. The van der Waals surface area contributed by atoms with Gasteiger partial charge in [-0.15, -0.1) is 23.7 Å². The Labute approximate surface area is 135 Å². The highest BCUT2D eigenvalue weighted by atomic mass is 35.5. The van der Waals surface area contributed by atoms with Crippen molar-refractivity contribution in [1.82, 2.24) is 9.88 Å². The molecule has 2 aromatic heterocycles. The molecule has 0 aromatic carbocycles. The second-order valence-corrected chi connectivity index (χ2v) is 6.40. The van der Waals surface area contributed by atoms with Gasteiger partial charge in [-0.1, -0.05) is 6.07 Å². The molecule has 0 aliphatic carbocycles. The maximum Gasteiger partial charge on any atom is 0.236 e. The van der Waals surface area contributed by atoms with Crippen molar-refractivity contribution in [3.63, 3.8) is 0 Å². The molecule has 0 amide bonds. The standard InChI is InChI=1S/C15H21N3OS.ClH/c1-11-13(10-18-6-4-12(9-16)5-7-18)17-15(19-11)14-3-2-8-20-14;/h2-3,8,12H,4-7,9-10,16H2,1H3;1H. The monoisotopic (exact) mass is 327 g/mol. The van der Waals surface area contributed by atoms with Gasteiger partial charge in [-0.2, -0.15) is 0 Å². The third-order valence-electron chi connectivity index (χ3n) is 4.04. The van der Waals surface area contributed by atoms with Crippen LogP contribution in [0.4, 0.5) is 0 Å². The smallest absolute Gasteiger partial charge is 0.236 e. The van der Waals surface area contributed by atoms with E-state index in [0.29, 0.717) is 5.92 Å². The Morgan fingerprint density at radius 3 is 2.81 bits per heavy atom. The summed E-state index contributed by atoms with van der Waals surface area (Å²) in [5.41, 5.74) is 6.81. The van der Waals surface area contributed by atoms with Crippen LogP contribution in [-0.4, -0.2) is 29.5 Å². The molecule has 0 atom stereocenters. The lowest BCUT2D eigenvalue weighted by Gasteiger charge is -2.30. The number of oxazole rings is 1. The highest BCUT2D eigenvalue weighted by Crippen LogP contribution is 2.27. The minimum atomic E-state index is 0. The molecule has 0 spiro atoms. The first-order valence-corrected chi connectivity index (χ1v) is 8.07. The van der Waals surface area contributed by atoms with E-state index >= 15 is 0 Å². The maximum absolute atomic E-state index is 5.80. The Bertz CT molecular complexity index is 547. The zero-order chi connectivity index (χ0) is 13.9. The number of hydrogen-bond acceptors (Lipinski definition) is 5. The van der Waals surface area contributed by atoms with Crippen molar-refractivity contribution in [2.75, 3.05) is 19.6 Å². The zero-order valence-electron chi connectivity index (χ0n) is 12.2. The average molecular weight is 328 g/mol. The summed E-state index contributed by atoms with van der Waals surface area (Å²) in [6, 6.07) is 4.07. The summed E-state index contributed by atoms with van der Waals surface area (Å²) in [5.74, 6) is 2.39. The molecule has 3 heterocycles. The molecule has 2 N–H and O–H groups in total. The van der Waals surface area contributed by atoms with Gasteiger partial charge in [-0.3, -0.25) is 4.90 Å². The Balaban J connectivity index is 0.00000161. The number of hydrogen-bond donors (Lipinski definition) is 1. The van der Waals surface area contributed by atoms with Gasteiger partial charge in [-0.05, 0) is 56.8 Å². The molecule has 116 valence electrons. The molecule has 1 aliphatic heterocycles. The van der Waals surface area contributed by atoms with E-state index in [0.717, 1.165) is 48.4 Å². The van der Waals surface area contributed by atoms with E-state index < -0.39 is 0 Å². The Morgan fingerprint density at radius 1 is 1.43 bits per heavy atom. The maximum atomic E-state index is 5.80. The number of aromatic nitrogens is 1. The molecule has 3 rings (SSSR count). The molecule has 1 aliphatic rings. The molecule has 1 fully saturated rings. The summed E-state index contributed by atoms with van der Waals surface area (Å²) in [4.78, 5) is 8.21. The quantitative estimate of drug-likeness (QED) is 0.936. The summed E-state index contributed by atoms with van der Waals surface area (Å²) in [7, 11) is 0. The van der Waals surface area contributed by atoms with E-state index in [-0.39, 0.29) is 12.4 Å². The minimum Gasteiger partial charge on any atom is -0.440 e. The van der Waals surface area contributed by atoms with Crippen molar-refractivity contribution < 1.29 is 4.42 Å². The fourth-order valence-electron chi connectivity index (χ4n) is 2.67. The van der Waals surface area contributed by atoms with Crippen molar-refractivity contribution in [2.45, 2.75) is 26.3 Å². The van der Waals surface area contributed by atoms with Gasteiger partial charge in [0.05, 0.1) is 10.6 Å². The predicted octanol–water partition coefficient (Wildman–Crippen LogP) is 3.30. The van der Waals surface area contributed by atoms with Crippen molar-refractivity contribution in [1.29, 1.82) is 0 Å². The summed E-state index contributed by atoms with van der Waals surface area (Å²) in [5, 5.41) is 2.05. The first kappa shape index (κ1) is 16.5. The van der Waals surface area contributed by atoms with E-state index in [1.807, 2.05) is 24.4 Å². The highest BCUT2D eigenvalue weighted by molar-refractivity contribution is 7.13. The van der Waals surface area contributed by atoms with Crippen molar-refractivity contribution >= 4 is 23.7 Å². The second kappa shape index (κ2) is 7.40. The van der Waals surface area contributed by atoms with E-state index in [1.54, 1.807) is 11.3 Å². The Hall–Kier alpha value is -0.880. The molecule has 0 radical (unpaired) electrons. The zero-order valence-corrected chi connectivity index (χ0v) is 13.9. The molecule has 21 heavy (non-hydrogen) atoms. The molecule has 1 saturated heterocycles. The van der Waals surface area contributed by atoms with Gasteiger partial charge in [0.25, 0.3) is 0 Å². The number of thiophene rings is 1. The summed E-state index contributed by atoms with van der Waals surface area (Å²) >= 11 is 1.66. The van der Waals surface area contributed by atoms with E-state index in [1.165, 1.54) is 12.8 Å². The average Bonchev–Trinajstić information content (AvgIpc) is 3.10. The first-order chi connectivity index (χ1) is 9.76. The minimum absolute atomic E-state index is 0. The van der Waals surface area contributed by atoms with E-state index in [4.69, 9.17) is 10.2 Å². The van der Waals surface area contributed by atoms with Crippen LogP contribution in [0, 0.1) is 12.8 Å². The second-order valence-electron chi connectivity index (χ2n) is 5.45. The van der Waals surface area contributed by atoms with Crippen LogP contribution in [0.2, 0.25) is 0 Å². The number of piperidine rings is 1. The van der Waals surface area contributed by atoms with Crippen molar-refractivity contribution in [3.05, 3.63) is 29.0 Å². The lowest BCUT2D eigenvalue weighted by Crippen LogP contribution is -2.35. The summed E-state index contributed by atoms with van der Waals surface area (Å²) in [6.07, 6.45) is 2.40. The van der Waals surface area contributed by atoms with Crippen LogP contribution in [0.5, 0.6) is 0 Å². The first-order valence-electron chi connectivity index (χ1n) is 7.19. The molecule has 0 bridgehead atoms. The third kappa shape index (κ3) is 3.86. The van der Waals surface area contributed by atoms with Gasteiger partial charge >= 0.3 is 0 Å². The van der Waals surface area contributed by atoms with Crippen LogP contribution in [0.15, 0.2) is 21.9 Å². The molecule has 0 saturated carbocycles. The van der Waals surface area contributed by atoms with Gasteiger partial charge in [0.2, 0.25) is 5.89 Å². The van der Waals surface area contributed by atoms with Gasteiger partial charge in [-0.25, -0.2) is 4.98 Å². The Morgan fingerprint density at radius 2 is 2.19 bits per heavy atom. The van der Waals surface area contributed by atoms with Crippen LogP contribution >= 0.6 is 23.7 Å². The van der Waals surface area contributed by atoms with Crippen LogP contribution in [0.3, 0.4) is 0 Å². The van der Waals surface area contributed by atoms with Gasteiger partial charge in [0.1, 0.15) is 5.76 Å². The fraction of sp³-hybridized carbons (Fsp3) is 0.533. The highest BCUT2D eigenvalue weighted by Gasteiger charge is 2.20. The van der Waals surface area contributed by atoms with Gasteiger partial charge in [0.15, 0.2) is 0 Å². The number of rotatable bonds is 4. The molecule has 4 nitrogen and oxygen atoms in total. The number of nitrogens with two attached hydrogens (primary N) is 1. The number of nitrogens with zero attached hydrogens (tertiary/aromatic N) is 2. The topological polar surface area (TPSA) is 55.3 Å². The van der Waals surface area contributed by atoms with Gasteiger partial charge < -0.3 is 10.2 Å². The molecular weight excluding hydrogens is 306 g/mol. The van der Waals surface area contributed by atoms with Crippen molar-refractivity contribution in [3.8, 4) is 10.8 Å². The SMILES string of the molecule is Cc1oc(-c2cccs2)nc1CN1CCC(CN)CC1.Cl. The van der Waals surface area contributed by atoms with Crippen LogP contribution in [-0.2, 0) is 6.54 Å². The summed E-state index contributed by atoms with van der Waals surface area (Å²) < 4.78 is 5.80. The van der Waals surface area contributed by atoms with Gasteiger partial charge in [0, 0.05) is 6.54 Å². The number of likely N-dealkylation sites (tertiary alicyclic amines) is 1. The summed E-state index contributed by atoms with van der Waals surface area (Å²) in [6.45, 7) is 5.94. The van der Waals surface area contributed by atoms with E-state index in [9.17, 15) is 0 Å². The van der Waals surface area contributed by atoms with Crippen LogP contribution in [0.25, 0.3) is 10.8 Å². The molecular formula is C15H22ClN3OS. The number of aryl methyl sites for hydroxylation is 1.